The van der Waals surface area contributed by atoms with Gasteiger partial charge in [0.15, 0.2) is 0 Å². The molecule has 0 radical (unpaired) electrons. The summed E-state index contributed by atoms with van der Waals surface area (Å²) in [4.78, 5) is 16.2. The molecule has 0 fully saturated rings. The molecule has 2 aromatic rings. The number of aromatic nitrogens is 1. The van der Waals surface area contributed by atoms with Crippen LogP contribution in [0.1, 0.15) is 20.9 Å². The Balaban J connectivity index is 0.00000242. The van der Waals surface area contributed by atoms with E-state index in [1.54, 1.807) is 36.7 Å². The fraction of sp³-hybridized carbons (Fsp3) is 0.214. The van der Waals surface area contributed by atoms with Gasteiger partial charge in [-0.25, -0.2) is 9.78 Å². The summed E-state index contributed by atoms with van der Waals surface area (Å²) in [6, 6.07) is 6.81. The van der Waals surface area contributed by atoms with Crippen LogP contribution in [0.4, 0.5) is 0 Å². The highest BCUT2D eigenvalue weighted by Crippen LogP contribution is 2.13. The topological polar surface area (TPSA) is 83.8 Å². The minimum atomic E-state index is -0.389. The highest BCUT2D eigenvalue weighted by Gasteiger charge is 2.12. The largest absolute Gasteiger partial charge is 0.508 e. The van der Waals surface area contributed by atoms with E-state index in [-0.39, 0.29) is 30.7 Å². The Morgan fingerprint density at radius 3 is 2.82 bits per heavy atom. The number of thiazole rings is 1. The second kappa shape index (κ2) is 9.01. The monoisotopic (exact) mass is 341 g/mol. The number of nitrogens with zero attached hydrogens (tertiary/aromatic N) is 2. The number of aryl methyl sites for hydroxylation is 1. The zero-order valence-electron chi connectivity index (χ0n) is 11.9. The number of esters is 1. The quantitative estimate of drug-likeness (QED) is 0.479. The normalized spacial score (nSPS) is 10.2. The van der Waals surface area contributed by atoms with Crippen LogP contribution in [0.25, 0.3) is 0 Å². The van der Waals surface area contributed by atoms with Gasteiger partial charge in [0.1, 0.15) is 17.2 Å². The van der Waals surface area contributed by atoms with E-state index in [1.165, 1.54) is 17.6 Å². The van der Waals surface area contributed by atoms with Gasteiger partial charge < -0.3 is 15.3 Å². The molecular formula is C14H16ClN3O3S. The summed E-state index contributed by atoms with van der Waals surface area (Å²) >= 11 is 1.26. The lowest BCUT2D eigenvalue weighted by atomic mass is 10.2. The number of halogens is 1. The van der Waals surface area contributed by atoms with Crippen molar-refractivity contribution in [3.63, 3.8) is 0 Å². The molecule has 1 heterocycles. The number of carbonyl (C=O) groups is 1. The van der Waals surface area contributed by atoms with Crippen LogP contribution in [0, 0.1) is 6.92 Å². The lowest BCUT2D eigenvalue weighted by molar-refractivity contribution is 0.0571. The van der Waals surface area contributed by atoms with Crippen LogP contribution in [0.2, 0.25) is 0 Å². The van der Waals surface area contributed by atoms with Gasteiger partial charge in [-0.3, -0.25) is 0 Å². The van der Waals surface area contributed by atoms with Crippen molar-refractivity contribution in [3.05, 3.63) is 45.9 Å². The van der Waals surface area contributed by atoms with Crippen molar-refractivity contribution in [1.29, 1.82) is 0 Å². The van der Waals surface area contributed by atoms with Gasteiger partial charge in [0.2, 0.25) is 0 Å². The van der Waals surface area contributed by atoms with Gasteiger partial charge in [-0.05, 0) is 24.6 Å². The third kappa shape index (κ3) is 5.34. The number of hydrogen-bond acceptors (Lipinski definition) is 7. The zero-order valence-corrected chi connectivity index (χ0v) is 13.5. The zero-order chi connectivity index (χ0) is 15.1. The average Bonchev–Trinajstić information content (AvgIpc) is 2.90. The smallest absolute Gasteiger partial charge is 0.350 e. The maximum atomic E-state index is 11.7. The molecule has 0 unspecified atom stereocenters. The Labute approximate surface area is 138 Å². The second-order valence-corrected chi connectivity index (χ2v) is 5.03. The lowest BCUT2D eigenvalue weighted by Crippen LogP contribution is -2.10. The van der Waals surface area contributed by atoms with E-state index in [2.05, 4.69) is 15.5 Å². The molecule has 0 bridgehead atoms. The minimum Gasteiger partial charge on any atom is -0.508 e. The SMILES string of the molecule is Cc1ncsc1C(=O)OC/C=N/NCc1ccc(O)cc1.Cl. The van der Waals surface area contributed by atoms with E-state index < -0.39 is 0 Å². The van der Waals surface area contributed by atoms with Crippen LogP contribution in [0.3, 0.4) is 0 Å². The van der Waals surface area contributed by atoms with Crippen molar-refractivity contribution >= 4 is 35.9 Å². The number of benzene rings is 1. The third-order valence-corrected chi connectivity index (χ3v) is 3.53. The van der Waals surface area contributed by atoms with Crippen molar-refractivity contribution in [3.8, 4) is 5.75 Å². The first kappa shape index (κ1) is 17.9. The number of rotatable bonds is 6. The van der Waals surface area contributed by atoms with Gasteiger partial charge in [-0.2, -0.15) is 5.10 Å². The van der Waals surface area contributed by atoms with Gasteiger partial charge >= 0.3 is 5.97 Å². The molecule has 0 spiro atoms. The summed E-state index contributed by atoms with van der Waals surface area (Å²) in [5.74, 6) is -0.160. The van der Waals surface area contributed by atoms with Gasteiger partial charge in [-0.15, -0.1) is 23.7 Å². The third-order valence-electron chi connectivity index (χ3n) is 2.62. The first-order chi connectivity index (χ1) is 10.2. The Morgan fingerprint density at radius 2 is 2.18 bits per heavy atom. The van der Waals surface area contributed by atoms with Crippen LogP contribution >= 0.6 is 23.7 Å². The molecule has 1 aromatic heterocycles. The van der Waals surface area contributed by atoms with Crippen LogP contribution in [0.15, 0.2) is 34.9 Å². The van der Waals surface area contributed by atoms with Gasteiger partial charge in [0.25, 0.3) is 0 Å². The van der Waals surface area contributed by atoms with Crippen molar-refractivity contribution in [2.75, 3.05) is 6.61 Å². The molecule has 0 saturated carbocycles. The highest BCUT2D eigenvalue weighted by molar-refractivity contribution is 7.11. The summed E-state index contributed by atoms with van der Waals surface area (Å²) in [6.07, 6.45) is 1.48. The standard InChI is InChI=1S/C14H15N3O3S.ClH/c1-10-13(21-9-15-10)14(19)20-7-6-16-17-8-11-2-4-12(18)5-3-11;/h2-6,9,17-18H,7-8H2,1H3;1H/b16-6+;. The fourth-order valence-electron chi connectivity index (χ4n) is 1.53. The first-order valence-corrected chi connectivity index (χ1v) is 7.14. The summed E-state index contributed by atoms with van der Waals surface area (Å²) < 4.78 is 5.04. The number of carbonyl (C=O) groups excluding carboxylic acids is 1. The Kier molecular flexibility index (Phi) is 7.34. The van der Waals surface area contributed by atoms with Crippen molar-refractivity contribution < 1.29 is 14.6 Å². The maximum Gasteiger partial charge on any atom is 0.350 e. The number of phenols is 1. The molecule has 0 aliphatic rings. The fourth-order valence-corrected chi connectivity index (χ4v) is 2.22. The van der Waals surface area contributed by atoms with Crippen LogP contribution in [-0.2, 0) is 11.3 Å². The molecule has 2 N–H and O–H groups in total. The average molecular weight is 342 g/mol. The molecule has 0 atom stereocenters. The Morgan fingerprint density at radius 1 is 1.45 bits per heavy atom. The summed E-state index contributed by atoms with van der Waals surface area (Å²) in [6.45, 7) is 2.39. The van der Waals surface area contributed by atoms with E-state index in [9.17, 15) is 4.79 Å². The van der Waals surface area contributed by atoms with E-state index in [0.717, 1.165) is 5.56 Å². The molecule has 0 amide bonds. The summed E-state index contributed by atoms with van der Waals surface area (Å²) in [7, 11) is 0. The number of aromatic hydroxyl groups is 1. The number of hydrazone groups is 1. The van der Waals surface area contributed by atoms with E-state index in [4.69, 9.17) is 9.84 Å². The summed E-state index contributed by atoms with van der Waals surface area (Å²) in [5.41, 5.74) is 6.10. The molecule has 118 valence electrons. The molecule has 0 aliphatic heterocycles. The molecule has 0 saturated heterocycles. The van der Waals surface area contributed by atoms with E-state index in [0.29, 0.717) is 17.1 Å². The van der Waals surface area contributed by atoms with Crippen LogP contribution < -0.4 is 5.43 Å². The predicted molar refractivity (Wildman–Crippen MR) is 87.8 cm³/mol. The number of ether oxygens (including phenoxy) is 1. The molecule has 22 heavy (non-hydrogen) atoms. The Hall–Kier alpha value is -2.12. The molecule has 0 aliphatic carbocycles. The highest BCUT2D eigenvalue weighted by atomic mass is 35.5. The molecule has 6 nitrogen and oxygen atoms in total. The molecular weight excluding hydrogens is 326 g/mol. The van der Waals surface area contributed by atoms with Gasteiger partial charge in [0.05, 0.1) is 24.0 Å². The maximum absolute atomic E-state index is 11.7. The van der Waals surface area contributed by atoms with Crippen molar-refractivity contribution in [2.45, 2.75) is 13.5 Å². The molecule has 1 aromatic carbocycles. The second-order valence-electron chi connectivity index (χ2n) is 4.18. The van der Waals surface area contributed by atoms with Gasteiger partial charge in [0, 0.05) is 0 Å². The molecule has 2 rings (SSSR count). The first-order valence-electron chi connectivity index (χ1n) is 6.26. The predicted octanol–water partition coefficient (Wildman–Crippen LogP) is 2.51. The van der Waals surface area contributed by atoms with Gasteiger partial charge in [-0.1, -0.05) is 12.1 Å². The van der Waals surface area contributed by atoms with E-state index >= 15 is 0 Å². The van der Waals surface area contributed by atoms with E-state index in [1.807, 2.05) is 0 Å². The number of phenolic OH excluding ortho intramolecular Hbond substituents is 1. The lowest BCUT2D eigenvalue weighted by Gasteiger charge is -2.02. The van der Waals surface area contributed by atoms with Crippen molar-refractivity contribution in [1.82, 2.24) is 10.4 Å². The number of nitrogens with one attached hydrogen (secondary N) is 1. The number of hydrogen-bond donors (Lipinski definition) is 2. The summed E-state index contributed by atoms with van der Waals surface area (Å²) in [5, 5.41) is 13.1. The Bertz CT molecular complexity index is 629. The molecule has 8 heteroatoms. The minimum absolute atomic E-state index is 0. The van der Waals surface area contributed by atoms with Crippen LogP contribution in [-0.4, -0.2) is 28.9 Å². The van der Waals surface area contributed by atoms with Crippen LogP contribution in [0.5, 0.6) is 5.75 Å². The van der Waals surface area contributed by atoms with Crippen molar-refractivity contribution in [2.24, 2.45) is 5.10 Å².